The maximum atomic E-state index is 2.24. The van der Waals surface area contributed by atoms with E-state index in [0.29, 0.717) is 0 Å². The highest BCUT2D eigenvalue weighted by Gasteiger charge is 2.53. The summed E-state index contributed by atoms with van der Waals surface area (Å²) in [7, 11) is 0. The predicted octanol–water partition coefficient (Wildman–Crippen LogP) is 11.5. The van der Waals surface area contributed by atoms with Crippen LogP contribution in [0.5, 0.6) is 0 Å². The van der Waals surface area contributed by atoms with Crippen molar-refractivity contribution in [3.8, 4) is 0 Å². The Morgan fingerprint density at radius 1 is 0.345 bits per heavy atom. The first-order valence-electron chi connectivity index (χ1n) is 8.40. The van der Waals surface area contributed by atoms with Gasteiger partial charge in [0.25, 0.3) is 0 Å². The molecule has 0 aromatic carbocycles. The maximum Gasteiger partial charge on any atom is 0.173 e. The van der Waals surface area contributed by atoms with Crippen LogP contribution >= 0.6 is 141 Å². The molecule has 6 rings (SSSR count). The van der Waals surface area contributed by atoms with Crippen molar-refractivity contribution in [3.63, 3.8) is 0 Å². The molecule has 0 saturated heterocycles. The number of thioether (sulfide) groups is 12. The third-order valence-corrected chi connectivity index (χ3v) is 23.3. The lowest BCUT2D eigenvalue weighted by Gasteiger charge is -2.22. The lowest BCUT2D eigenvalue weighted by Crippen LogP contribution is -2.01. The van der Waals surface area contributed by atoms with Crippen molar-refractivity contribution in [2.24, 2.45) is 0 Å². The number of hydrogen-bond donors (Lipinski definition) is 0. The summed E-state index contributed by atoms with van der Waals surface area (Å²) in [5.74, 6) is 0. The van der Waals surface area contributed by atoms with Gasteiger partial charge in [-0.3, -0.25) is 0 Å². The highest BCUT2D eigenvalue weighted by molar-refractivity contribution is 8.64. The van der Waals surface area contributed by atoms with Crippen LogP contribution in [0.1, 0.15) is 27.7 Å². The van der Waals surface area contributed by atoms with Crippen molar-refractivity contribution in [2.45, 2.75) is 30.4 Å². The Bertz CT molecular complexity index is 893. The quantitative estimate of drug-likeness (QED) is 0.259. The van der Waals surface area contributed by atoms with Crippen LogP contribution in [0.2, 0.25) is 0 Å². The molecule has 6 aliphatic heterocycles. The van der Waals surface area contributed by atoms with Crippen molar-refractivity contribution in [3.05, 3.63) is 53.5 Å². The van der Waals surface area contributed by atoms with E-state index in [1.165, 1.54) is 53.5 Å². The minimum absolute atomic E-state index is 0.168. The molecule has 6 heterocycles. The van der Waals surface area contributed by atoms with Gasteiger partial charge in [0.1, 0.15) is 0 Å². The largest absolute Gasteiger partial charge is 0.173 e. The first kappa shape index (κ1) is 22.1. The summed E-state index contributed by atoms with van der Waals surface area (Å²) in [6, 6.07) is 0. The van der Waals surface area contributed by atoms with Crippen LogP contribution in [0.3, 0.4) is 0 Å². The van der Waals surface area contributed by atoms with Gasteiger partial charge in [-0.15, -0.1) is 0 Å². The van der Waals surface area contributed by atoms with E-state index in [1.54, 1.807) is 0 Å². The molecule has 0 bridgehead atoms. The smallest absolute Gasteiger partial charge is 0.0849 e. The average molecular weight is 601 g/mol. The van der Waals surface area contributed by atoms with E-state index >= 15 is 0 Å². The summed E-state index contributed by atoms with van der Waals surface area (Å²) in [5, 5.41) is 0. The molecule has 1 spiro atoms. The molecule has 0 radical (unpaired) electrons. The molecule has 0 aromatic rings. The monoisotopic (exact) mass is 600 g/mol. The Balaban J connectivity index is 1.11. The lowest BCUT2D eigenvalue weighted by atomic mass is 10.6. The van der Waals surface area contributed by atoms with Gasteiger partial charge in [-0.1, -0.05) is 141 Å². The van der Waals surface area contributed by atoms with Crippen LogP contribution in [0.25, 0.3) is 0 Å². The van der Waals surface area contributed by atoms with Gasteiger partial charge in [0.15, 0.2) is 2.74 Å². The highest BCUT2D eigenvalue weighted by atomic mass is 32.3. The summed E-state index contributed by atoms with van der Waals surface area (Å²) in [6.07, 6.45) is 0. The average Bonchev–Trinajstić information content (AvgIpc) is 3.44. The molecule has 0 N–H and O–H groups in total. The van der Waals surface area contributed by atoms with E-state index in [9.17, 15) is 0 Å². The van der Waals surface area contributed by atoms with Gasteiger partial charge >= 0.3 is 0 Å². The summed E-state index contributed by atoms with van der Waals surface area (Å²) in [4.78, 5) is 5.85. The molecule has 152 valence electrons. The molecule has 29 heavy (non-hydrogen) atoms. The Morgan fingerprint density at radius 2 is 0.586 bits per heavy atom. The fraction of sp³-hybridized carbons (Fsp3) is 0.294. The van der Waals surface area contributed by atoms with Gasteiger partial charge in [0.05, 0.1) is 33.9 Å². The Morgan fingerprint density at radius 3 is 0.862 bits per heavy atom. The molecular formula is C17H12S12. The van der Waals surface area contributed by atoms with Gasteiger partial charge in [0.2, 0.25) is 0 Å². The van der Waals surface area contributed by atoms with Crippen molar-refractivity contribution in [1.29, 1.82) is 0 Å². The molecule has 0 saturated carbocycles. The van der Waals surface area contributed by atoms with Crippen LogP contribution in [-0.2, 0) is 0 Å². The molecule has 6 aliphatic rings. The third-order valence-electron chi connectivity index (χ3n) is 4.25. The van der Waals surface area contributed by atoms with Gasteiger partial charge in [0, 0.05) is 0 Å². The number of rotatable bonds is 0. The van der Waals surface area contributed by atoms with Gasteiger partial charge in [-0.25, -0.2) is 0 Å². The van der Waals surface area contributed by atoms with E-state index in [1.807, 2.05) is 94.1 Å². The fourth-order valence-corrected chi connectivity index (χ4v) is 24.6. The second-order valence-electron chi connectivity index (χ2n) is 6.25. The molecule has 0 amide bonds. The summed E-state index contributed by atoms with van der Waals surface area (Å²) < 4.78 is 12.2. The second-order valence-corrected chi connectivity index (χ2v) is 23.7. The standard InChI is InChI=1S/C17H12S12/c1-5-6(2)19-9(18-5)11-22-13-14(23-11)27-17(26-13)28-15-16(29-17)25-12(24-15)10-20-7(3)8(4)21-10/h1-4H3. The lowest BCUT2D eigenvalue weighted by molar-refractivity contribution is 1.57. The van der Waals surface area contributed by atoms with Crippen LogP contribution in [0.15, 0.2) is 53.5 Å². The first-order chi connectivity index (χ1) is 13.9. The number of hydrogen-bond acceptors (Lipinski definition) is 12. The molecule has 0 fully saturated rings. The normalized spacial score (nSPS) is 28.6. The molecule has 0 aromatic heterocycles. The van der Waals surface area contributed by atoms with Crippen LogP contribution < -0.4 is 0 Å². The topological polar surface area (TPSA) is 0 Å². The van der Waals surface area contributed by atoms with Crippen molar-refractivity contribution < 1.29 is 0 Å². The minimum atomic E-state index is 0.168. The summed E-state index contributed by atoms with van der Waals surface area (Å²) in [5.41, 5.74) is 0. The van der Waals surface area contributed by atoms with Crippen LogP contribution in [0.4, 0.5) is 0 Å². The zero-order chi connectivity index (χ0) is 19.9. The van der Waals surface area contributed by atoms with E-state index in [2.05, 4.69) is 74.7 Å². The first-order valence-corrected chi connectivity index (χ1v) is 18.2. The van der Waals surface area contributed by atoms with E-state index in [0.717, 1.165) is 0 Å². The molecular weight excluding hydrogens is 589 g/mol. The minimum Gasteiger partial charge on any atom is -0.0849 e. The van der Waals surface area contributed by atoms with E-state index in [-0.39, 0.29) is 2.74 Å². The molecule has 0 unspecified atom stereocenters. The zero-order valence-corrected chi connectivity index (χ0v) is 25.2. The molecule has 0 aliphatic carbocycles. The molecule has 0 nitrogen and oxygen atoms in total. The van der Waals surface area contributed by atoms with Crippen LogP contribution in [0, 0.1) is 0 Å². The van der Waals surface area contributed by atoms with E-state index in [4.69, 9.17) is 0 Å². The van der Waals surface area contributed by atoms with Crippen molar-refractivity contribution in [1.82, 2.24) is 0 Å². The molecule has 12 heteroatoms. The second kappa shape index (κ2) is 8.39. The Hall–Kier alpha value is 2.64. The highest BCUT2D eigenvalue weighted by Crippen LogP contribution is 2.83. The fourth-order valence-electron chi connectivity index (χ4n) is 2.59. The van der Waals surface area contributed by atoms with Crippen LogP contribution in [-0.4, -0.2) is 2.74 Å². The van der Waals surface area contributed by atoms with Crippen molar-refractivity contribution in [2.75, 3.05) is 0 Å². The number of allylic oxidation sites excluding steroid dienone is 4. The third kappa shape index (κ3) is 4.06. The Kier molecular flexibility index (Phi) is 6.40. The molecule has 0 atom stereocenters. The zero-order valence-electron chi connectivity index (χ0n) is 15.4. The Labute approximate surface area is 222 Å². The maximum absolute atomic E-state index is 2.24. The summed E-state index contributed by atoms with van der Waals surface area (Å²) in [6.45, 7) is 8.96. The van der Waals surface area contributed by atoms with Gasteiger partial charge in [-0.05, 0) is 47.3 Å². The predicted molar refractivity (Wildman–Crippen MR) is 159 cm³/mol. The summed E-state index contributed by atoms with van der Waals surface area (Å²) >= 11 is 24.2. The van der Waals surface area contributed by atoms with Gasteiger partial charge in [-0.2, -0.15) is 0 Å². The van der Waals surface area contributed by atoms with Crippen molar-refractivity contribution >= 4 is 141 Å². The van der Waals surface area contributed by atoms with Gasteiger partial charge < -0.3 is 0 Å². The van der Waals surface area contributed by atoms with E-state index < -0.39 is 0 Å². The SMILES string of the molecule is CC1=C(C)SC(=C2SC3=C(S2)SC2(S3)SC3=C(SC(=C4SC(C)=C(C)S4)S3)S2)S1.